The lowest BCUT2D eigenvalue weighted by Crippen LogP contribution is -2.49. The van der Waals surface area contributed by atoms with Gasteiger partial charge in [-0.15, -0.1) is 6.42 Å². The summed E-state index contributed by atoms with van der Waals surface area (Å²) in [5, 5.41) is 1.48. The first-order chi connectivity index (χ1) is 11.0. The van der Waals surface area contributed by atoms with Gasteiger partial charge < -0.3 is 10.6 Å². The van der Waals surface area contributed by atoms with Crippen LogP contribution in [0, 0.1) is 18.3 Å². The lowest BCUT2D eigenvalue weighted by atomic mass is 9.88. The molecule has 3 atom stereocenters. The molecule has 2 rings (SSSR count). The zero-order valence-corrected chi connectivity index (χ0v) is 13.4. The van der Waals surface area contributed by atoms with Gasteiger partial charge in [0.2, 0.25) is 5.91 Å². The van der Waals surface area contributed by atoms with Gasteiger partial charge in [-0.1, -0.05) is 12.0 Å². The van der Waals surface area contributed by atoms with Gasteiger partial charge in [0.15, 0.2) is 0 Å². The van der Waals surface area contributed by atoms with Crippen molar-refractivity contribution in [3.8, 4) is 12.3 Å². The van der Waals surface area contributed by atoms with E-state index in [2.05, 4.69) is 5.92 Å². The summed E-state index contributed by atoms with van der Waals surface area (Å²) >= 11 is 0. The lowest BCUT2D eigenvalue weighted by molar-refractivity contribution is 0.0596. The van der Waals surface area contributed by atoms with Crippen LogP contribution >= 0.6 is 0 Å². The minimum Gasteiger partial charge on any atom is -0.366 e. The first-order valence-electron chi connectivity index (χ1n) is 7.50. The number of nitrogens with zero attached hydrogens (tertiary/aromatic N) is 2. The van der Waals surface area contributed by atoms with Crippen LogP contribution in [0.15, 0.2) is 24.3 Å². The molecule has 1 aromatic rings. The van der Waals surface area contributed by atoms with E-state index in [1.54, 1.807) is 24.3 Å². The van der Waals surface area contributed by atoms with Crippen LogP contribution in [0.5, 0.6) is 0 Å². The Labute approximate surface area is 136 Å². The Kier molecular flexibility index (Phi) is 5.59. The average Bonchev–Trinajstić information content (AvgIpc) is 2.53. The van der Waals surface area contributed by atoms with Crippen molar-refractivity contribution in [1.29, 1.82) is 0 Å². The number of hydroxylamine groups is 1. The molecular formula is C17H22FN3O2. The van der Waals surface area contributed by atoms with Crippen molar-refractivity contribution >= 4 is 11.6 Å². The van der Waals surface area contributed by atoms with Gasteiger partial charge >= 0.3 is 0 Å². The predicted octanol–water partition coefficient (Wildman–Crippen LogP) is 1.44. The highest BCUT2D eigenvalue weighted by molar-refractivity contribution is 5.93. The maximum atomic E-state index is 14.5. The highest BCUT2D eigenvalue weighted by Gasteiger charge is 2.36. The number of anilines is 1. The van der Waals surface area contributed by atoms with E-state index >= 15 is 0 Å². The van der Waals surface area contributed by atoms with Gasteiger partial charge in [-0.25, -0.2) is 9.45 Å². The van der Waals surface area contributed by atoms with Crippen molar-refractivity contribution in [2.75, 3.05) is 32.3 Å². The first kappa shape index (κ1) is 17.3. The molecule has 1 saturated heterocycles. The second kappa shape index (κ2) is 7.44. The molecule has 1 aromatic carbocycles. The summed E-state index contributed by atoms with van der Waals surface area (Å²) in [6, 6.07) is 6.09. The molecule has 3 unspecified atom stereocenters. The molecule has 2 N–H and O–H groups in total. The summed E-state index contributed by atoms with van der Waals surface area (Å²) in [4.78, 5) is 18.7. The van der Waals surface area contributed by atoms with Crippen molar-refractivity contribution in [2.24, 2.45) is 11.7 Å². The number of halogens is 1. The van der Waals surface area contributed by atoms with Crippen LogP contribution in [0.1, 0.15) is 16.8 Å². The van der Waals surface area contributed by atoms with E-state index in [-0.39, 0.29) is 5.92 Å². The van der Waals surface area contributed by atoms with E-state index < -0.39 is 18.1 Å². The van der Waals surface area contributed by atoms with Crippen molar-refractivity contribution in [3.05, 3.63) is 29.8 Å². The van der Waals surface area contributed by atoms with E-state index in [0.717, 1.165) is 6.54 Å². The van der Waals surface area contributed by atoms with E-state index in [4.69, 9.17) is 17.0 Å². The first-order valence-corrected chi connectivity index (χ1v) is 7.50. The zero-order valence-electron chi connectivity index (χ0n) is 13.4. The van der Waals surface area contributed by atoms with E-state index in [0.29, 0.717) is 24.2 Å². The van der Waals surface area contributed by atoms with E-state index in [1.807, 2.05) is 11.9 Å². The molecule has 23 heavy (non-hydrogen) atoms. The molecule has 0 aliphatic carbocycles. The lowest BCUT2D eigenvalue weighted by Gasteiger charge is -2.39. The number of likely N-dealkylation sites (tertiary alicyclic amines) is 1. The number of terminal acetylenes is 1. The average molecular weight is 319 g/mol. The number of piperidine rings is 1. The number of hydrogen-bond donors (Lipinski definition) is 1. The van der Waals surface area contributed by atoms with Gasteiger partial charge in [0.1, 0.15) is 12.2 Å². The molecule has 1 fully saturated rings. The van der Waals surface area contributed by atoms with Gasteiger partial charge in [-0.05, 0) is 38.2 Å². The molecule has 0 saturated carbocycles. The van der Waals surface area contributed by atoms with Gasteiger partial charge in [0.25, 0.3) is 0 Å². The predicted molar refractivity (Wildman–Crippen MR) is 87.6 cm³/mol. The standard InChI is InChI=1S/C17H22FN3O2/c1-4-16(14-8-9-20(2)11-15(14)18)21(23-3)13-7-5-6-12(10-13)17(19)22/h1,5-7,10,14-16H,8-9,11H2,2-3H3,(H2,19,22). The van der Waals surface area contributed by atoms with Crippen LogP contribution < -0.4 is 10.8 Å². The monoisotopic (exact) mass is 319 g/mol. The van der Waals surface area contributed by atoms with Crippen molar-refractivity contribution < 1.29 is 14.0 Å². The highest BCUT2D eigenvalue weighted by atomic mass is 19.1. The molecule has 0 radical (unpaired) electrons. The number of primary amides is 1. The molecule has 0 aromatic heterocycles. The van der Waals surface area contributed by atoms with Gasteiger partial charge in [-0.3, -0.25) is 9.63 Å². The minimum atomic E-state index is -1.04. The smallest absolute Gasteiger partial charge is 0.248 e. The fourth-order valence-electron chi connectivity index (χ4n) is 2.97. The topological polar surface area (TPSA) is 58.8 Å². The Hall–Kier alpha value is -2.10. The number of amides is 1. The van der Waals surface area contributed by atoms with Crippen molar-refractivity contribution in [2.45, 2.75) is 18.6 Å². The van der Waals surface area contributed by atoms with Crippen molar-refractivity contribution in [1.82, 2.24) is 4.90 Å². The minimum absolute atomic E-state index is 0.339. The fourth-order valence-corrected chi connectivity index (χ4v) is 2.97. The molecule has 124 valence electrons. The third-order valence-corrected chi connectivity index (χ3v) is 4.21. The largest absolute Gasteiger partial charge is 0.366 e. The summed E-state index contributed by atoms with van der Waals surface area (Å²) in [6.45, 7) is 1.13. The quantitative estimate of drug-likeness (QED) is 0.659. The molecule has 0 spiro atoms. The van der Waals surface area contributed by atoms with Crippen LogP contribution in [0.2, 0.25) is 0 Å². The Balaban J connectivity index is 2.29. The van der Waals surface area contributed by atoms with Crippen LogP contribution in [0.4, 0.5) is 10.1 Å². The number of hydrogen-bond acceptors (Lipinski definition) is 4. The number of carbonyl (C=O) groups is 1. The molecule has 5 nitrogen and oxygen atoms in total. The molecule has 1 heterocycles. The number of carbonyl (C=O) groups excluding carboxylic acids is 1. The van der Waals surface area contributed by atoms with Gasteiger partial charge in [-0.2, -0.15) is 0 Å². The Morgan fingerprint density at radius 1 is 1.61 bits per heavy atom. The molecule has 1 aliphatic rings. The zero-order chi connectivity index (χ0) is 17.0. The summed E-state index contributed by atoms with van der Waals surface area (Å²) in [6.07, 6.45) is 5.27. The SMILES string of the molecule is C#CC(C1CCN(C)CC1F)N(OC)c1cccc(C(N)=O)c1. The second-order valence-electron chi connectivity index (χ2n) is 5.77. The Bertz CT molecular complexity index is 602. The molecule has 1 amide bonds. The van der Waals surface area contributed by atoms with Gasteiger partial charge in [0.05, 0.1) is 12.8 Å². The van der Waals surface area contributed by atoms with Gasteiger partial charge in [0, 0.05) is 18.0 Å². The molecule has 0 bridgehead atoms. The van der Waals surface area contributed by atoms with Crippen LogP contribution in [0.3, 0.4) is 0 Å². The van der Waals surface area contributed by atoms with E-state index in [1.165, 1.54) is 12.2 Å². The third-order valence-electron chi connectivity index (χ3n) is 4.21. The maximum absolute atomic E-state index is 14.5. The molecular weight excluding hydrogens is 297 g/mol. The normalized spacial score (nSPS) is 23.0. The Morgan fingerprint density at radius 2 is 2.35 bits per heavy atom. The Morgan fingerprint density at radius 3 is 2.91 bits per heavy atom. The second-order valence-corrected chi connectivity index (χ2v) is 5.77. The van der Waals surface area contributed by atoms with Crippen LogP contribution in [-0.2, 0) is 4.84 Å². The highest BCUT2D eigenvalue weighted by Crippen LogP contribution is 2.29. The summed E-state index contributed by atoms with van der Waals surface area (Å²) in [7, 11) is 3.36. The summed E-state index contributed by atoms with van der Waals surface area (Å²) in [5.41, 5.74) is 6.24. The van der Waals surface area contributed by atoms with Crippen LogP contribution in [0.25, 0.3) is 0 Å². The van der Waals surface area contributed by atoms with E-state index in [9.17, 15) is 9.18 Å². The maximum Gasteiger partial charge on any atom is 0.248 e. The van der Waals surface area contributed by atoms with Crippen molar-refractivity contribution in [3.63, 3.8) is 0 Å². The summed E-state index contributed by atoms with van der Waals surface area (Å²) in [5.74, 6) is 1.76. The van der Waals surface area contributed by atoms with Crippen LogP contribution in [-0.4, -0.2) is 50.3 Å². The fraction of sp³-hybridized carbons (Fsp3) is 0.471. The third kappa shape index (κ3) is 3.81. The number of alkyl halides is 1. The number of benzene rings is 1. The molecule has 1 aliphatic heterocycles. The number of rotatable bonds is 5. The number of nitrogens with two attached hydrogens (primary N) is 1. The summed E-state index contributed by atoms with van der Waals surface area (Å²) < 4.78 is 14.5. The molecule has 6 heteroatoms.